The van der Waals surface area contributed by atoms with E-state index < -0.39 is 0 Å². The fourth-order valence-electron chi connectivity index (χ4n) is 0.278. The number of aromatic nitrogens is 2. The molecule has 0 saturated carbocycles. The zero-order valence-electron chi connectivity index (χ0n) is 4.71. The predicted octanol–water partition coefficient (Wildman–Crippen LogP) is -2.24. The Morgan fingerprint density at radius 3 is 2.25 bits per heavy atom. The van der Waals surface area contributed by atoms with E-state index in [0.717, 1.165) is 5.01 Å². The van der Waals surface area contributed by atoms with Crippen molar-refractivity contribution in [3.63, 3.8) is 0 Å². The van der Waals surface area contributed by atoms with Crippen LogP contribution in [0.25, 0.3) is 0 Å². The average molecular weight is 154 g/mol. The second kappa shape index (κ2) is 3.74. The quantitative estimate of drug-likeness (QED) is 0.312. The van der Waals surface area contributed by atoms with Crippen molar-refractivity contribution in [1.82, 2.24) is 10.2 Å². The summed E-state index contributed by atoms with van der Waals surface area (Å²) in [5, 5.41) is 8.22. The van der Waals surface area contributed by atoms with Gasteiger partial charge in [-0.25, -0.2) is 0 Å². The van der Waals surface area contributed by atoms with Crippen LogP contribution in [0.5, 0.6) is 0 Å². The largest absolute Gasteiger partial charge is 1.00 e. The van der Waals surface area contributed by atoms with E-state index >= 15 is 0 Å². The molecule has 0 bridgehead atoms. The zero-order chi connectivity index (χ0) is 5.28. The van der Waals surface area contributed by atoms with Gasteiger partial charge in [-0.2, -0.15) is 10.2 Å². The molecule has 0 atom stereocenters. The SMILES string of the molecule is Cc1nnc([S-])s1.[Na+]. The van der Waals surface area contributed by atoms with Gasteiger partial charge in [-0.1, -0.05) is 0 Å². The van der Waals surface area contributed by atoms with Crippen molar-refractivity contribution in [2.24, 2.45) is 0 Å². The topological polar surface area (TPSA) is 25.8 Å². The molecule has 0 fully saturated rings. The molecule has 0 spiro atoms. The van der Waals surface area contributed by atoms with Crippen LogP contribution in [0.4, 0.5) is 0 Å². The van der Waals surface area contributed by atoms with Crippen molar-refractivity contribution in [2.75, 3.05) is 0 Å². The maximum atomic E-state index is 4.68. The van der Waals surface area contributed by atoms with Crippen LogP contribution in [0.1, 0.15) is 5.01 Å². The van der Waals surface area contributed by atoms with Gasteiger partial charge in [0.15, 0.2) is 0 Å². The molecular formula is C3H3N2NaS2. The molecule has 1 aromatic heterocycles. The van der Waals surface area contributed by atoms with Crippen LogP contribution in [0, 0.1) is 6.92 Å². The van der Waals surface area contributed by atoms with E-state index in [9.17, 15) is 0 Å². The fraction of sp³-hybridized carbons (Fsp3) is 0.333. The van der Waals surface area contributed by atoms with Crippen molar-refractivity contribution in [2.45, 2.75) is 11.3 Å². The van der Waals surface area contributed by atoms with E-state index in [1.807, 2.05) is 6.92 Å². The second-order valence-corrected chi connectivity index (χ2v) is 2.91. The van der Waals surface area contributed by atoms with E-state index in [1.54, 1.807) is 0 Å². The number of hydrogen-bond acceptors (Lipinski definition) is 4. The van der Waals surface area contributed by atoms with Crippen LogP contribution in [0.15, 0.2) is 4.34 Å². The summed E-state index contributed by atoms with van der Waals surface area (Å²) >= 11 is 6.11. The van der Waals surface area contributed by atoms with E-state index in [2.05, 4.69) is 22.8 Å². The first-order valence-electron chi connectivity index (χ1n) is 1.76. The Balaban J connectivity index is 0.000000490. The molecule has 1 heterocycles. The standard InChI is InChI=1S/C3H4N2S2.Na/c1-2-4-5-3(6)7-2;/h1H3,(H,5,6);/q;+1/p-1. The van der Waals surface area contributed by atoms with Gasteiger partial charge in [0, 0.05) is 5.01 Å². The summed E-state index contributed by atoms with van der Waals surface area (Å²) in [5.41, 5.74) is 0. The van der Waals surface area contributed by atoms with Gasteiger partial charge in [0.2, 0.25) is 0 Å². The molecule has 8 heavy (non-hydrogen) atoms. The van der Waals surface area contributed by atoms with E-state index in [0.29, 0.717) is 4.34 Å². The van der Waals surface area contributed by atoms with Crippen LogP contribution in [0.2, 0.25) is 0 Å². The Morgan fingerprint density at radius 2 is 2.12 bits per heavy atom. The fourth-order valence-corrected chi connectivity index (χ4v) is 1.10. The minimum Gasteiger partial charge on any atom is -0.406 e. The molecule has 0 unspecified atom stereocenters. The number of aryl methyl sites for hydroxylation is 1. The van der Waals surface area contributed by atoms with Crippen LogP contribution in [0.3, 0.4) is 0 Å². The second-order valence-electron chi connectivity index (χ2n) is 1.09. The summed E-state index contributed by atoms with van der Waals surface area (Å²) in [7, 11) is 0. The summed E-state index contributed by atoms with van der Waals surface area (Å²) < 4.78 is 0.623. The molecular weight excluding hydrogens is 151 g/mol. The summed E-state index contributed by atoms with van der Waals surface area (Å²) in [5.74, 6) is 0. The van der Waals surface area contributed by atoms with Gasteiger partial charge in [0.25, 0.3) is 0 Å². The van der Waals surface area contributed by atoms with Crippen molar-refractivity contribution in [3.05, 3.63) is 5.01 Å². The van der Waals surface area contributed by atoms with Gasteiger partial charge in [-0.05, 0) is 11.3 Å². The summed E-state index contributed by atoms with van der Waals surface area (Å²) in [6.07, 6.45) is 0. The third kappa shape index (κ3) is 2.37. The molecule has 2 nitrogen and oxygen atoms in total. The molecule has 0 N–H and O–H groups in total. The van der Waals surface area contributed by atoms with Gasteiger partial charge in [-0.3, -0.25) is 0 Å². The molecule has 0 amide bonds. The van der Waals surface area contributed by atoms with E-state index in [1.165, 1.54) is 11.3 Å². The molecule has 0 aliphatic heterocycles. The normalized spacial score (nSPS) is 8.12. The Bertz CT molecular complexity index is 148. The third-order valence-electron chi connectivity index (χ3n) is 0.507. The maximum Gasteiger partial charge on any atom is 1.00 e. The monoisotopic (exact) mass is 154 g/mol. The first-order valence-corrected chi connectivity index (χ1v) is 2.98. The van der Waals surface area contributed by atoms with Gasteiger partial charge in [0.1, 0.15) is 0 Å². The molecule has 0 saturated heterocycles. The van der Waals surface area contributed by atoms with Gasteiger partial charge < -0.3 is 24.0 Å². The first kappa shape index (κ1) is 8.78. The Kier molecular flexibility index (Phi) is 4.10. The smallest absolute Gasteiger partial charge is 0.406 e. The maximum absolute atomic E-state index is 4.68. The molecule has 5 heteroatoms. The molecule has 0 aromatic carbocycles. The Hall–Kier alpha value is 0.780. The van der Waals surface area contributed by atoms with Crippen molar-refractivity contribution in [1.29, 1.82) is 0 Å². The number of hydrogen-bond donors (Lipinski definition) is 0. The van der Waals surface area contributed by atoms with Gasteiger partial charge in [0.05, 0.1) is 0 Å². The van der Waals surface area contributed by atoms with Crippen LogP contribution in [-0.4, -0.2) is 10.2 Å². The molecule has 1 aromatic rings. The average Bonchev–Trinajstić information content (AvgIpc) is 1.87. The number of rotatable bonds is 0. The molecule has 1 rings (SSSR count). The summed E-state index contributed by atoms with van der Waals surface area (Å²) in [6.45, 7) is 1.88. The van der Waals surface area contributed by atoms with Crippen LogP contribution >= 0.6 is 11.3 Å². The van der Waals surface area contributed by atoms with Gasteiger partial charge >= 0.3 is 29.6 Å². The minimum atomic E-state index is 0. The van der Waals surface area contributed by atoms with E-state index in [-0.39, 0.29) is 29.6 Å². The predicted molar refractivity (Wildman–Crippen MR) is 30.3 cm³/mol. The van der Waals surface area contributed by atoms with Crippen molar-refractivity contribution < 1.29 is 29.6 Å². The van der Waals surface area contributed by atoms with Crippen molar-refractivity contribution >= 4 is 24.0 Å². The van der Waals surface area contributed by atoms with Crippen molar-refractivity contribution in [3.8, 4) is 0 Å². The number of nitrogens with zero attached hydrogens (tertiary/aromatic N) is 2. The van der Waals surface area contributed by atoms with E-state index in [4.69, 9.17) is 0 Å². The molecule has 0 aliphatic rings. The van der Waals surface area contributed by atoms with Crippen LogP contribution in [-0.2, 0) is 12.6 Å². The third-order valence-corrected chi connectivity index (χ3v) is 1.47. The molecule has 0 aliphatic carbocycles. The molecule has 38 valence electrons. The summed E-state index contributed by atoms with van der Waals surface area (Å²) in [4.78, 5) is 0. The zero-order valence-corrected chi connectivity index (χ0v) is 8.34. The Labute approximate surface area is 79.4 Å². The molecule has 0 radical (unpaired) electrons. The van der Waals surface area contributed by atoms with Gasteiger partial charge in [-0.15, -0.1) is 0 Å². The minimum absolute atomic E-state index is 0. The summed E-state index contributed by atoms with van der Waals surface area (Å²) in [6, 6.07) is 0. The first-order chi connectivity index (χ1) is 3.29. The van der Waals surface area contributed by atoms with Crippen LogP contribution < -0.4 is 29.6 Å². The Morgan fingerprint density at radius 1 is 1.50 bits per heavy atom.